The molecule has 5 nitrogen and oxygen atoms in total. The molecule has 0 aliphatic carbocycles. The molecule has 1 fully saturated rings. The third-order valence-corrected chi connectivity index (χ3v) is 3.54. The van der Waals surface area contributed by atoms with Gasteiger partial charge < -0.3 is 10.1 Å². The first-order valence-electron chi connectivity index (χ1n) is 5.79. The van der Waals surface area contributed by atoms with E-state index in [1.807, 2.05) is 22.7 Å². The molecular formula is C12H12BrN3O2. The monoisotopic (exact) mass is 309 g/mol. The number of carbonyl (C=O) groups excluding carboxylic acids is 1. The predicted octanol–water partition coefficient (Wildman–Crippen LogP) is 2.21. The largest absolute Gasteiger partial charge is 0.368 e. The topological polar surface area (TPSA) is 55.6 Å². The fourth-order valence-electron chi connectivity index (χ4n) is 2.03. The molecule has 0 spiro atoms. The highest BCUT2D eigenvalue weighted by molar-refractivity contribution is 9.10. The summed E-state index contributed by atoms with van der Waals surface area (Å²) in [6.07, 6.45) is 4.99. The molecule has 6 heteroatoms. The van der Waals surface area contributed by atoms with Crippen LogP contribution in [-0.4, -0.2) is 28.0 Å². The quantitative estimate of drug-likeness (QED) is 0.925. The van der Waals surface area contributed by atoms with Crippen LogP contribution in [0, 0.1) is 0 Å². The number of halogens is 1. The van der Waals surface area contributed by atoms with E-state index in [0.29, 0.717) is 6.61 Å². The van der Waals surface area contributed by atoms with Crippen molar-refractivity contribution in [2.24, 2.45) is 0 Å². The lowest BCUT2D eigenvalue weighted by atomic mass is 10.2. The Morgan fingerprint density at radius 3 is 3.22 bits per heavy atom. The van der Waals surface area contributed by atoms with E-state index in [1.165, 1.54) is 0 Å². The highest BCUT2D eigenvalue weighted by Crippen LogP contribution is 2.18. The molecule has 18 heavy (non-hydrogen) atoms. The number of carbonyl (C=O) groups is 1. The van der Waals surface area contributed by atoms with Gasteiger partial charge in [-0.15, -0.1) is 0 Å². The Kier molecular flexibility index (Phi) is 3.05. The Morgan fingerprint density at radius 2 is 2.44 bits per heavy atom. The number of anilines is 1. The second-order valence-corrected chi connectivity index (χ2v) is 5.03. The Morgan fingerprint density at radius 1 is 1.56 bits per heavy atom. The van der Waals surface area contributed by atoms with Crippen molar-refractivity contribution in [2.45, 2.75) is 18.9 Å². The van der Waals surface area contributed by atoms with Crippen LogP contribution in [0.2, 0.25) is 0 Å². The Bertz CT molecular complexity index is 590. The molecule has 0 aromatic carbocycles. The average molecular weight is 310 g/mol. The van der Waals surface area contributed by atoms with Crippen LogP contribution in [0.5, 0.6) is 0 Å². The summed E-state index contributed by atoms with van der Waals surface area (Å²) in [6.45, 7) is 0.671. The lowest BCUT2D eigenvalue weighted by molar-refractivity contribution is -0.124. The van der Waals surface area contributed by atoms with E-state index in [-0.39, 0.29) is 12.0 Å². The molecule has 1 N–H and O–H groups in total. The summed E-state index contributed by atoms with van der Waals surface area (Å²) in [5, 5.41) is 2.86. The summed E-state index contributed by atoms with van der Waals surface area (Å²) in [6, 6.07) is 3.69. The summed E-state index contributed by atoms with van der Waals surface area (Å²) >= 11 is 3.40. The van der Waals surface area contributed by atoms with E-state index < -0.39 is 0 Å². The molecule has 2 aromatic heterocycles. The summed E-state index contributed by atoms with van der Waals surface area (Å²) in [5.41, 5.74) is 1.57. The number of fused-ring (bicyclic) bond motifs is 1. The lowest BCUT2D eigenvalue weighted by Gasteiger charge is -2.10. The standard InChI is InChI=1S/C12H12BrN3O2/c13-10-6-14-11-4-3-8(7-16(10)11)15-12(17)9-2-1-5-18-9/h3-4,6-7,9H,1-2,5H2,(H,15,17). The molecule has 1 aliphatic heterocycles. The fourth-order valence-corrected chi connectivity index (χ4v) is 2.42. The molecule has 1 saturated heterocycles. The van der Waals surface area contributed by atoms with Crippen LogP contribution in [0.1, 0.15) is 12.8 Å². The van der Waals surface area contributed by atoms with E-state index in [0.717, 1.165) is 28.8 Å². The summed E-state index contributed by atoms with van der Waals surface area (Å²) in [4.78, 5) is 16.1. The number of nitrogens with one attached hydrogen (secondary N) is 1. The van der Waals surface area contributed by atoms with Crippen LogP contribution in [0.25, 0.3) is 5.65 Å². The van der Waals surface area contributed by atoms with Gasteiger partial charge in [-0.1, -0.05) is 0 Å². The second kappa shape index (κ2) is 4.70. The van der Waals surface area contributed by atoms with Crippen LogP contribution in [0.4, 0.5) is 5.69 Å². The van der Waals surface area contributed by atoms with Crippen LogP contribution in [0.3, 0.4) is 0 Å². The molecule has 1 atom stereocenters. The van der Waals surface area contributed by atoms with Gasteiger partial charge >= 0.3 is 0 Å². The molecule has 0 radical (unpaired) electrons. The van der Waals surface area contributed by atoms with Crippen molar-refractivity contribution in [3.05, 3.63) is 29.1 Å². The average Bonchev–Trinajstić information content (AvgIpc) is 3.00. The third-order valence-electron chi connectivity index (χ3n) is 2.95. The van der Waals surface area contributed by atoms with Crippen molar-refractivity contribution in [3.8, 4) is 0 Å². The van der Waals surface area contributed by atoms with Gasteiger partial charge in [-0.05, 0) is 40.9 Å². The molecule has 1 amide bonds. The lowest BCUT2D eigenvalue weighted by Crippen LogP contribution is -2.26. The minimum atomic E-state index is -0.313. The second-order valence-electron chi connectivity index (χ2n) is 4.22. The number of nitrogens with zero attached hydrogens (tertiary/aromatic N) is 2. The van der Waals surface area contributed by atoms with Crippen LogP contribution >= 0.6 is 15.9 Å². The van der Waals surface area contributed by atoms with Gasteiger partial charge in [0.1, 0.15) is 16.4 Å². The number of amides is 1. The first-order valence-corrected chi connectivity index (χ1v) is 6.58. The molecule has 1 unspecified atom stereocenters. The van der Waals surface area contributed by atoms with Gasteiger partial charge in [0.25, 0.3) is 5.91 Å². The molecule has 0 bridgehead atoms. The molecule has 0 saturated carbocycles. The minimum Gasteiger partial charge on any atom is -0.368 e. The van der Waals surface area contributed by atoms with Gasteiger partial charge in [-0.25, -0.2) is 4.98 Å². The maximum absolute atomic E-state index is 11.9. The van der Waals surface area contributed by atoms with E-state index in [1.54, 1.807) is 6.20 Å². The number of hydrogen-bond donors (Lipinski definition) is 1. The SMILES string of the molecule is O=C(Nc1ccc2ncc(Br)n2c1)C1CCCO1. The highest BCUT2D eigenvalue weighted by Gasteiger charge is 2.23. The van der Waals surface area contributed by atoms with Crippen molar-refractivity contribution in [1.29, 1.82) is 0 Å². The number of ether oxygens (including phenoxy) is 1. The number of rotatable bonds is 2. The summed E-state index contributed by atoms with van der Waals surface area (Å²) in [7, 11) is 0. The first kappa shape index (κ1) is 11.7. The molecule has 3 heterocycles. The predicted molar refractivity (Wildman–Crippen MR) is 70.5 cm³/mol. The van der Waals surface area contributed by atoms with E-state index >= 15 is 0 Å². The van der Waals surface area contributed by atoms with Crippen molar-refractivity contribution in [2.75, 3.05) is 11.9 Å². The summed E-state index contributed by atoms with van der Waals surface area (Å²) in [5.74, 6) is -0.0805. The van der Waals surface area contributed by atoms with Crippen molar-refractivity contribution < 1.29 is 9.53 Å². The Labute approximate surface area is 112 Å². The van der Waals surface area contributed by atoms with Crippen molar-refractivity contribution >= 4 is 33.2 Å². The molecule has 2 aromatic rings. The zero-order valence-electron chi connectivity index (χ0n) is 9.60. The van der Waals surface area contributed by atoms with Gasteiger partial charge in [0.15, 0.2) is 0 Å². The number of aromatic nitrogens is 2. The summed E-state index contributed by atoms with van der Waals surface area (Å²) < 4.78 is 8.06. The first-order chi connectivity index (χ1) is 8.74. The maximum atomic E-state index is 11.9. The third kappa shape index (κ3) is 2.13. The smallest absolute Gasteiger partial charge is 0.253 e. The molecular weight excluding hydrogens is 298 g/mol. The Hall–Kier alpha value is -1.40. The van der Waals surface area contributed by atoms with E-state index in [2.05, 4.69) is 26.2 Å². The van der Waals surface area contributed by atoms with Crippen LogP contribution in [-0.2, 0) is 9.53 Å². The zero-order chi connectivity index (χ0) is 12.5. The normalized spacial score (nSPS) is 19.3. The van der Waals surface area contributed by atoms with Crippen LogP contribution in [0.15, 0.2) is 29.1 Å². The highest BCUT2D eigenvalue weighted by atomic mass is 79.9. The van der Waals surface area contributed by atoms with Gasteiger partial charge in [-0.3, -0.25) is 9.20 Å². The number of hydrogen-bond acceptors (Lipinski definition) is 3. The van der Waals surface area contributed by atoms with Gasteiger partial charge in [0.2, 0.25) is 0 Å². The van der Waals surface area contributed by atoms with Crippen LogP contribution < -0.4 is 5.32 Å². The fraction of sp³-hybridized carbons (Fsp3) is 0.333. The van der Waals surface area contributed by atoms with Gasteiger partial charge in [0.05, 0.1) is 11.9 Å². The molecule has 1 aliphatic rings. The number of imidazole rings is 1. The van der Waals surface area contributed by atoms with Crippen molar-refractivity contribution in [1.82, 2.24) is 9.38 Å². The van der Waals surface area contributed by atoms with Crippen molar-refractivity contribution in [3.63, 3.8) is 0 Å². The zero-order valence-corrected chi connectivity index (χ0v) is 11.2. The van der Waals surface area contributed by atoms with E-state index in [9.17, 15) is 4.79 Å². The number of pyridine rings is 1. The van der Waals surface area contributed by atoms with E-state index in [4.69, 9.17) is 4.74 Å². The minimum absolute atomic E-state index is 0.0805. The molecule has 94 valence electrons. The Balaban J connectivity index is 1.81. The van der Waals surface area contributed by atoms with Gasteiger partial charge in [-0.2, -0.15) is 0 Å². The van der Waals surface area contributed by atoms with Gasteiger partial charge in [0, 0.05) is 12.8 Å². The molecule has 3 rings (SSSR count). The maximum Gasteiger partial charge on any atom is 0.253 e.